The molecule has 0 aliphatic carbocycles. The molecule has 1 amide bonds. The fourth-order valence-electron chi connectivity index (χ4n) is 0.857. The fourth-order valence-corrected chi connectivity index (χ4v) is 1.30. The second-order valence-electron chi connectivity index (χ2n) is 2.63. The van der Waals surface area contributed by atoms with E-state index >= 15 is 0 Å². The van der Waals surface area contributed by atoms with Crippen LogP contribution < -0.4 is 5.32 Å². The summed E-state index contributed by atoms with van der Waals surface area (Å²) in [5, 5.41) is 14.7. The minimum Gasteiger partial charge on any atom is -0.478 e. The predicted molar refractivity (Wildman–Crippen MR) is 56.3 cm³/mol. The number of carbonyl (C=O) groups excluding carboxylic acids is 1. The first-order valence-corrected chi connectivity index (χ1v) is 4.69. The number of rotatable bonds is 3. The number of hydrogen-bond donors (Lipinski definition) is 2. The summed E-state index contributed by atoms with van der Waals surface area (Å²) in [6.45, 7) is 0. The van der Waals surface area contributed by atoms with Gasteiger partial charge in [0.25, 0.3) is 0 Å². The van der Waals surface area contributed by atoms with E-state index in [0.29, 0.717) is 10.3 Å². The lowest BCUT2D eigenvalue weighted by Crippen LogP contribution is -2.12. The van der Waals surface area contributed by atoms with Crippen LogP contribution >= 0.6 is 15.9 Å². The monoisotopic (exact) mass is 273 g/mol. The number of carboxylic acids is 1. The van der Waals surface area contributed by atoms with Crippen LogP contribution in [0.5, 0.6) is 0 Å². The average molecular weight is 274 g/mol. The van der Waals surface area contributed by atoms with E-state index in [1.165, 1.54) is 10.9 Å². The van der Waals surface area contributed by atoms with Gasteiger partial charge in [0.1, 0.15) is 5.82 Å². The van der Waals surface area contributed by atoms with Gasteiger partial charge in [-0.05, 0) is 15.9 Å². The summed E-state index contributed by atoms with van der Waals surface area (Å²) in [6, 6.07) is 0. The summed E-state index contributed by atoms with van der Waals surface area (Å²) in [5.74, 6) is -1.23. The summed E-state index contributed by atoms with van der Waals surface area (Å²) in [4.78, 5) is 21.3. The SMILES string of the molecule is Cn1ncc(Br)c1NC(=O)C=CC(=O)O. The second-order valence-corrected chi connectivity index (χ2v) is 3.48. The Hall–Kier alpha value is -1.63. The van der Waals surface area contributed by atoms with Crippen molar-refractivity contribution in [2.24, 2.45) is 7.05 Å². The summed E-state index contributed by atoms with van der Waals surface area (Å²) < 4.78 is 2.08. The van der Waals surface area contributed by atoms with Gasteiger partial charge in [0.05, 0.1) is 10.7 Å². The Labute approximate surface area is 93.7 Å². The van der Waals surface area contributed by atoms with E-state index in [9.17, 15) is 9.59 Å². The molecule has 0 saturated heterocycles. The number of nitrogens with one attached hydrogen (secondary N) is 1. The van der Waals surface area contributed by atoms with Crippen LogP contribution in [0.4, 0.5) is 5.82 Å². The molecular weight excluding hydrogens is 266 g/mol. The van der Waals surface area contributed by atoms with E-state index in [4.69, 9.17) is 5.11 Å². The second kappa shape index (κ2) is 4.74. The average Bonchev–Trinajstić information content (AvgIpc) is 2.46. The van der Waals surface area contributed by atoms with Crippen LogP contribution in [0.1, 0.15) is 0 Å². The molecule has 0 aromatic carbocycles. The Kier molecular flexibility index (Phi) is 3.62. The van der Waals surface area contributed by atoms with Crippen LogP contribution in [-0.4, -0.2) is 26.8 Å². The van der Waals surface area contributed by atoms with Crippen molar-refractivity contribution in [3.63, 3.8) is 0 Å². The molecule has 0 aliphatic rings. The van der Waals surface area contributed by atoms with Crippen molar-refractivity contribution in [3.8, 4) is 0 Å². The van der Waals surface area contributed by atoms with E-state index in [1.807, 2.05) is 0 Å². The van der Waals surface area contributed by atoms with E-state index in [-0.39, 0.29) is 0 Å². The van der Waals surface area contributed by atoms with Gasteiger partial charge in [-0.15, -0.1) is 0 Å². The van der Waals surface area contributed by atoms with E-state index in [1.54, 1.807) is 7.05 Å². The topological polar surface area (TPSA) is 84.2 Å². The van der Waals surface area contributed by atoms with Crippen LogP contribution in [0, 0.1) is 0 Å². The molecule has 0 bridgehead atoms. The zero-order valence-corrected chi connectivity index (χ0v) is 9.35. The third-order valence-corrected chi connectivity index (χ3v) is 2.09. The third-order valence-electron chi connectivity index (χ3n) is 1.51. The summed E-state index contributed by atoms with van der Waals surface area (Å²) in [5.41, 5.74) is 0. The summed E-state index contributed by atoms with van der Waals surface area (Å²) in [7, 11) is 1.65. The molecule has 7 heteroatoms. The number of anilines is 1. The normalized spacial score (nSPS) is 10.5. The zero-order valence-electron chi connectivity index (χ0n) is 7.77. The highest BCUT2D eigenvalue weighted by Crippen LogP contribution is 2.20. The first-order valence-electron chi connectivity index (χ1n) is 3.90. The molecule has 1 aromatic rings. The van der Waals surface area contributed by atoms with Crippen LogP contribution in [-0.2, 0) is 16.6 Å². The van der Waals surface area contributed by atoms with Gasteiger partial charge in [-0.25, -0.2) is 4.79 Å². The molecule has 80 valence electrons. The molecule has 0 atom stereocenters. The molecule has 0 unspecified atom stereocenters. The number of hydrogen-bond acceptors (Lipinski definition) is 3. The first-order chi connectivity index (χ1) is 7.00. The van der Waals surface area contributed by atoms with Crippen molar-refractivity contribution < 1.29 is 14.7 Å². The van der Waals surface area contributed by atoms with Crippen molar-refractivity contribution in [1.82, 2.24) is 9.78 Å². The molecular formula is C8H8BrN3O3. The van der Waals surface area contributed by atoms with Gasteiger partial charge < -0.3 is 10.4 Å². The Balaban J connectivity index is 2.71. The quantitative estimate of drug-likeness (QED) is 0.797. The van der Waals surface area contributed by atoms with Gasteiger partial charge in [-0.2, -0.15) is 5.10 Å². The summed E-state index contributed by atoms with van der Waals surface area (Å²) >= 11 is 3.19. The number of aliphatic carboxylic acids is 1. The summed E-state index contributed by atoms with van der Waals surface area (Å²) in [6.07, 6.45) is 3.22. The Morgan fingerprint density at radius 3 is 2.73 bits per heavy atom. The molecule has 0 saturated carbocycles. The molecule has 1 rings (SSSR count). The third kappa shape index (κ3) is 3.21. The van der Waals surface area contributed by atoms with E-state index in [0.717, 1.165) is 12.2 Å². The van der Waals surface area contributed by atoms with E-state index < -0.39 is 11.9 Å². The maximum absolute atomic E-state index is 11.2. The van der Waals surface area contributed by atoms with Crippen LogP contribution in [0.3, 0.4) is 0 Å². The van der Waals surface area contributed by atoms with Gasteiger partial charge in [-0.1, -0.05) is 0 Å². The molecule has 1 heterocycles. The molecule has 6 nitrogen and oxygen atoms in total. The number of nitrogens with zero attached hydrogens (tertiary/aromatic N) is 2. The maximum atomic E-state index is 11.2. The lowest BCUT2D eigenvalue weighted by Gasteiger charge is -2.02. The lowest BCUT2D eigenvalue weighted by atomic mass is 10.4. The number of carbonyl (C=O) groups is 2. The largest absolute Gasteiger partial charge is 0.478 e. The van der Waals surface area contributed by atoms with Crippen molar-refractivity contribution in [2.75, 3.05) is 5.32 Å². The predicted octanol–water partition coefficient (Wildman–Crippen LogP) is 0.762. The Morgan fingerprint density at radius 2 is 2.27 bits per heavy atom. The number of aryl methyl sites for hydroxylation is 1. The molecule has 15 heavy (non-hydrogen) atoms. The van der Waals surface area contributed by atoms with Crippen molar-refractivity contribution in [1.29, 1.82) is 0 Å². The highest BCUT2D eigenvalue weighted by atomic mass is 79.9. The standard InChI is InChI=1S/C8H8BrN3O3/c1-12-8(5(9)4-10-12)11-6(13)2-3-7(14)15/h2-4H,1H3,(H,11,13)(H,14,15). The fraction of sp³-hybridized carbons (Fsp3) is 0.125. The molecule has 0 radical (unpaired) electrons. The highest BCUT2D eigenvalue weighted by molar-refractivity contribution is 9.10. The molecule has 2 N–H and O–H groups in total. The maximum Gasteiger partial charge on any atom is 0.328 e. The molecule has 0 fully saturated rings. The molecule has 1 aromatic heterocycles. The van der Waals surface area contributed by atoms with Gasteiger partial charge in [0.2, 0.25) is 5.91 Å². The molecule has 0 aliphatic heterocycles. The van der Waals surface area contributed by atoms with Gasteiger partial charge >= 0.3 is 5.97 Å². The van der Waals surface area contributed by atoms with Crippen molar-refractivity contribution >= 4 is 33.6 Å². The minimum absolute atomic E-state index is 0.468. The highest BCUT2D eigenvalue weighted by Gasteiger charge is 2.07. The van der Waals surface area contributed by atoms with Gasteiger partial charge in [0, 0.05) is 19.2 Å². The van der Waals surface area contributed by atoms with Gasteiger partial charge in [-0.3, -0.25) is 9.48 Å². The Morgan fingerprint density at radius 1 is 1.60 bits per heavy atom. The number of carboxylic acid groups (broad SMARTS) is 1. The minimum atomic E-state index is -1.17. The zero-order chi connectivity index (χ0) is 11.4. The van der Waals surface area contributed by atoms with Crippen molar-refractivity contribution in [2.45, 2.75) is 0 Å². The van der Waals surface area contributed by atoms with Crippen molar-refractivity contribution in [3.05, 3.63) is 22.8 Å². The van der Waals surface area contributed by atoms with Crippen LogP contribution in [0.15, 0.2) is 22.8 Å². The first kappa shape index (κ1) is 11.4. The number of amides is 1. The Bertz CT molecular complexity index is 405. The molecule has 0 spiro atoms. The van der Waals surface area contributed by atoms with Crippen LogP contribution in [0.25, 0.3) is 0 Å². The number of halogens is 1. The van der Waals surface area contributed by atoms with E-state index in [2.05, 4.69) is 26.3 Å². The van der Waals surface area contributed by atoms with Crippen LogP contribution in [0.2, 0.25) is 0 Å². The number of aromatic nitrogens is 2. The smallest absolute Gasteiger partial charge is 0.328 e. The lowest BCUT2D eigenvalue weighted by molar-refractivity contribution is -0.131. The van der Waals surface area contributed by atoms with Gasteiger partial charge in [0.15, 0.2) is 0 Å².